The highest BCUT2D eigenvalue weighted by molar-refractivity contribution is 6.32. The fraction of sp³-hybridized carbons (Fsp3) is 0.429. The van der Waals surface area contributed by atoms with Crippen LogP contribution in [-0.2, 0) is 9.59 Å². The van der Waals surface area contributed by atoms with Crippen molar-refractivity contribution in [2.24, 2.45) is 0 Å². The lowest BCUT2D eigenvalue weighted by molar-refractivity contribution is -0.146. The summed E-state index contributed by atoms with van der Waals surface area (Å²) in [4.78, 5) is 23.9. The summed E-state index contributed by atoms with van der Waals surface area (Å²) in [7, 11) is 0. The first-order valence-corrected chi connectivity index (χ1v) is 6.99. The highest BCUT2D eigenvalue weighted by Crippen LogP contribution is 2.40. The van der Waals surface area contributed by atoms with Crippen molar-refractivity contribution in [3.05, 3.63) is 22.7 Å². The summed E-state index contributed by atoms with van der Waals surface area (Å²) in [5.41, 5.74) is 0.386. The lowest BCUT2D eigenvalue weighted by Gasteiger charge is -2.27. The number of amides is 1. The minimum absolute atomic E-state index is 0.274. The summed E-state index contributed by atoms with van der Waals surface area (Å²) in [6.07, 6.45) is 1.19. The van der Waals surface area contributed by atoms with Gasteiger partial charge in [0.1, 0.15) is 13.2 Å². The number of hydrogen-bond acceptors (Lipinski definition) is 4. The number of benzene rings is 1. The molecule has 0 aromatic heterocycles. The first kappa shape index (κ1) is 15.4. The van der Waals surface area contributed by atoms with Crippen molar-refractivity contribution >= 4 is 24.0 Å². The number of carbonyl (C=O) groups is 2. The lowest BCUT2D eigenvalue weighted by atomic mass is 10.0. The van der Waals surface area contributed by atoms with Crippen LogP contribution < -0.4 is 9.47 Å². The first-order chi connectivity index (χ1) is 10.1. The van der Waals surface area contributed by atoms with Gasteiger partial charge in [0.25, 0.3) is 0 Å². The molecule has 1 unspecified atom stereocenters. The molecule has 7 heteroatoms. The van der Waals surface area contributed by atoms with Crippen LogP contribution in [0.3, 0.4) is 0 Å². The molecular formula is C14H16ClNO5. The van der Waals surface area contributed by atoms with Crippen molar-refractivity contribution < 1.29 is 24.2 Å². The van der Waals surface area contributed by atoms with Crippen LogP contribution in [0, 0.1) is 0 Å². The third-order valence-corrected chi connectivity index (χ3v) is 3.40. The summed E-state index contributed by atoms with van der Waals surface area (Å²) in [6.45, 7) is 2.97. The molecule has 1 heterocycles. The number of nitrogens with zero attached hydrogens (tertiary/aromatic N) is 1. The Hall–Kier alpha value is -1.95. The summed E-state index contributed by atoms with van der Waals surface area (Å²) in [5.74, 6) is -0.315. The van der Waals surface area contributed by atoms with E-state index in [1.54, 1.807) is 6.07 Å². The van der Waals surface area contributed by atoms with Gasteiger partial charge < -0.3 is 19.5 Å². The molecule has 1 aliphatic heterocycles. The number of hydrogen-bond donors (Lipinski definition) is 1. The molecule has 1 atom stereocenters. The van der Waals surface area contributed by atoms with E-state index in [2.05, 4.69) is 0 Å². The molecule has 0 bridgehead atoms. The molecule has 0 radical (unpaired) electrons. The third kappa shape index (κ3) is 3.21. The Bertz CT molecular complexity index is 548. The van der Waals surface area contributed by atoms with E-state index in [1.807, 2.05) is 6.92 Å². The highest BCUT2D eigenvalue weighted by Gasteiger charge is 2.29. The number of carboxylic acid groups (broad SMARTS) is 1. The van der Waals surface area contributed by atoms with Gasteiger partial charge in [0.15, 0.2) is 17.5 Å². The van der Waals surface area contributed by atoms with Crippen molar-refractivity contribution in [1.82, 2.24) is 4.90 Å². The summed E-state index contributed by atoms with van der Waals surface area (Å²) < 4.78 is 10.8. The van der Waals surface area contributed by atoms with Crippen molar-refractivity contribution in [1.29, 1.82) is 0 Å². The van der Waals surface area contributed by atoms with Gasteiger partial charge in [-0.3, -0.25) is 4.79 Å². The molecular weight excluding hydrogens is 298 g/mol. The second kappa shape index (κ2) is 6.67. The van der Waals surface area contributed by atoms with Crippen molar-refractivity contribution in [3.63, 3.8) is 0 Å². The molecule has 2 rings (SSSR count). The number of rotatable bonds is 6. The van der Waals surface area contributed by atoms with E-state index in [0.29, 0.717) is 49.7 Å². The van der Waals surface area contributed by atoms with Crippen molar-refractivity contribution in [3.8, 4) is 11.5 Å². The van der Waals surface area contributed by atoms with Gasteiger partial charge in [-0.05, 0) is 24.1 Å². The Labute approximate surface area is 127 Å². The summed E-state index contributed by atoms with van der Waals surface area (Å²) in [5, 5.41) is 9.71. The monoisotopic (exact) mass is 313 g/mol. The van der Waals surface area contributed by atoms with Crippen LogP contribution >= 0.6 is 11.6 Å². The Morgan fingerprint density at radius 3 is 2.81 bits per heavy atom. The highest BCUT2D eigenvalue weighted by atomic mass is 35.5. The minimum Gasteiger partial charge on any atom is -0.486 e. The Balaban J connectivity index is 2.43. The predicted octanol–water partition coefficient (Wildman–Crippen LogP) is 2.11. The van der Waals surface area contributed by atoms with Crippen molar-refractivity contribution in [2.75, 3.05) is 19.8 Å². The zero-order valence-electron chi connectivity index (χ0n) is 11.5. The molecule has 114 valence electrons. The molecule has 0 spiro atoms. The van der Waals surface area contributed by atoms with Crippen LogP contribution in [0.25, 0.3) is 0 Å². The maximum absolute atomic E-state index is 11.5. The second-order valence-electron chi connectivity index (χ2n) is 4.61. The van der Waals surface area contributed by atoms with Gasteiger partial charge in [-0.15, -0.1) is 0 Å². The maximum atomic E-state index is 11.5. The van der Waals surface area contributed by atoms with Gasteiger partial charge in [0, 0.05) is 6.54 Å². The van der Waals surface area contributed by atoms with Gasteiger partial charge >= 0.3 is 5.97 Å². The summed E-state index contributed by atoms with van der Waals surface area (Å²) in [6, 6.07) is 1.96. The van der Waals surface area contributed by atoms with E-state index >= 15 is 0 Å². The summed E-state index contributed by atoms with van der Waals surface area (Å²) >= 11 is 6.12. The molecule has 0 aliphatic carbocycles. The van der Waals surface area contributed by atoms with Gasteiger partial charge in [-0.2, -0.15) is 0 Å². The quantitative estimate of drug-likeness (QED) is 0.814. The molecule has 0 saturated carbocycles. The van der Waals surface area contributed by atoms with Crippen LogP contribution in [0.4, 0.5) is 0 Å². The SMILES string of the molecule is CCCN(C=O)C(C(=O)O)c1cc(Cl)c2c(c1)OCCO2. The van der Waals surface area contributed by atoms with E-state index in [0.717, 1.165) is 0 Å². The number of ether oxygens (including phenoxy) is 2. The van der Waals surface area contributed by atoms with Crippen LogP contribution in [0.2, 0.25) is 5.02 Å². The normalized spacial score (nSPS) is 14.4. The topological polar surface area (TPSA) is 76.1 Å². The van der Waals surface area contributed by atoms with Gasteiger partial charge in [-0.1, -0.05) is 18.5 Å². The lowest BCUT2D eigenvalue weighted by Crippen LogP contribution is -2.33. The number of carbonyl (C=O) groups excluding carboxylic acids is 1. The van der Waals surface area contributed by atoms with Gasteiger partial charge in [0.2, 0.25) is 6.41 Å². The van der Waals surface area contributed by atoms with E-state index in [1.165, 1.54) is 11.0 Å². The van der Waals surface area contributed by atoms with Crippen LogP contribution in [-0.4, -0.2) is 42.1 Å². The van der Waals surface area contributed by atoms with Gasteiger partial charge in [0.05, 0.1) is 5.02 Å². The van der Waals surface area contributed by atoms with Crippen LogP contribution in [0.5, 0.6) is 11.5 Å². The minimum atomic E-state index is -1.12. The molecule has 21 heavy (non-hydrogen) atoms. The molecule has 1 amide bonds. The Morgan fingerprint density at radius 2 is 2.19 bits per heavy atom. The first-order valence-electron chi connectivity index (χ1n) is 6.61. The molecule has 0 saturated heterocycles. The molecule has 1 N–H and O–H groups in total. The average molecular weight is 314 g/mol. The Morgan fingerprint density at radius 1 is 1.48 bits per heavy atom. The van der Waals surface area contributed by atoms with Crippen molar-refractivity contribution in [2.45, 2.75) is 19.4 Å². The number of fused-ring (bicyclic) bond motifs is 1. The second-order valence-corrected chi connectivity index (χ2v) is 5.02. The standard InChI is InChI=1S/C14H16ClNO5/c1-2-3-16(8-17)12(14(18)19)9-6-10(15)13-11(7-9)20-4-5-21-13/h6-8,12H,2-5H2,1H3,(H,18,19). The van der Waals surface area contributed by atoms with E-state index in [-0.39, 0.29) is 5.02 Å². The molecule has 6 nitrogen and oxygen atoms in total. The fourth-order valence-corrected chi connectivity index (χ4v) is 2.54. The molecule has 1 aromatic carbocycles. The molecule has 1 aliphatic rings. The fourth-order valence-electron chi connectivity index (χ4n) is 2.27. The Kier molecular flexibility index (Phi) is 4.90. The van der Waals surface area contributed by atoms with Gasteiger partial charge in [-0.25, -0.2) is 4.79 Å². The number of carboxylic acids is 1. The zero-order valence-corrected chi connectivity index (χ0v) is 12.3. The van der Waals surface area contributed by atoms with Crippen LogP contribution in [0.1, 0.15) is 24.9 Å². The predicted molar refractivity (Wildman–Crippen MR) is 75.9 cm³/mol. The zero-order chi connectivity index (χ0) is 15.4. The average Bonchev–Trinajstić information content (AvgIpc) is 2.46. The number of halogens is 1. The molecule has 0 fully saturated rings. The van der Waals surface area contributed by atoms with Crippen LogP contribution in [0.15, 0.2) is 12.1 Å². The third-order valence-electron chi connectivity index (χ3n) is 3.12. The number of aliphatic carboxylic acids is 1. The van der Waals surface area contributed by atoms with E-state index in [9.17, 15) is 14.7 Å². The smallest absolute Gasteiger partial charge is 0.331 e. The van der Waals surface area contributed by atoms with E-state index in [4.69, 9.17) is 21.1 Å². The van der Waals surface area contributed by atoms with E-state index < -0.39 is 12.0 Å². The largest absolute Gasteiger partial charge is 0.486 e. The maximum Gasteiger partial charge on any atom is 0.331 e. The molecule has 1 aromatic rings.